The van der Waals surface area contributed by atoms with Crippen LogP contribution in [0.2, 0.25) is 0 Å². The van der Waals surface area contributed by atoms with Gasteiger partial charge in [0.25, 0.3) is 0 Å². The standard InChI is InChI=1S/C16H21N3O2/c1-11-6-5-7-12(15(11)20)10-18-14-13(19(2)3)8-9-17-16(14)21-4/h5-9,18,20H,10H2,1-4H3. The smallest absolute Gasteiger partial charge is 0.239 e. The highest BCUT2D eigenvalue weighted by Gasteiger charge is 2.13. The summed E-state index contributed by atoms with van der Waals surface area (Å²) in [6.45, 7) is 2.38. The van der Waals surface area contributed by atoms with Crippen LogP contribution in [-0.4, -0.2) is 31.3 Å². The fourth-order valence-electron chi connectivity index (χ4n) is 2.17. The summed E-state index contributed by atoms with van der Waals surface area (Å²) in [5, 5.41) is 13.4. The number of phenolic OH excluding ortho intramolecular Hbond substituents is 1. The maximum absolute atomic E-state index is 10.1. The number of aromatic hydroxyl groups is 1. The Morgan fingerprint density at radius 3 is 2.71 bits per heavy atom. The Hall–Kier alpha value is -2.43. The zero-order valence-electron chi connectivity index (χ0n) is 12.8. The van der Waals surface area contributed by atoms with E-state index in [9.17, 15) is 5.11 Å². The molecule has 5 heteroatoms. The summed E-state index contributed by atoms with van der Waals surface area (Å²) >= 11 is 0. The predicted octanol–water partition coefficient (Wildman–Crippen LogP) is 2.78. The lowest BCUT2D eigenvalue weighted by atomic mass is 10.1. The van der Waals surface area contributed by atoms with Gasteiger partial charge in [-0.2, -0.15) is 0 Å². The third kappa shape index (κ3) is 3.18. The van der Waals surface area contributed by atoms with E-state index < -0.39 is 0 Å². The van der Waals surface area contributed by atoms with Crippen molar-refractivity contribution in [2.75, 3.05) is 31.4 Å². The second-order valence-electron chi connectivity index (χ2n) is 5.04. The van der Waals surface area contributed by atoms with Gasteiger partial charge in [0, 0.05) is 32.4 Å². The number of phenols is 1. The van der Waals surface area contributed by atoms with Crippen LogP contribution in [0, 0.1) is 6.92 Å². The van der Waals surface area contributed by atoms with E-state index >= 15 is 0 Å². The van der Waals surface area contributed by atoms with E-state index in [2.05, 4.69) is 10.3 Å². The van der Waals surface area contributed by atoms with E-state index in [1.165, 1.54) is 0 Å². The lowest BCUT2D eigenvalue weighted by molar-refractivity contribution is 0.399. The van der Waals surface area contributed by atoms with Gasteiger partial charge in [0.05, 0.1) is 12.8 Å². The van der Waals surface area contributed by atoms with Crippen LogP contribution in [-0.2, 0) is 6.54 Å². The summed E-state index contributed by atoms with van der Waals surface area (Å²) in [6.07, 6.45) is 1.71. The van der Waals surface area contributed by atoms with Crippen LogP contribution in [0.15, 0.2) is 30.5 Å². The molecular weight excluding hydrogens is 266 g/mol. The number of aryl methyl sites for hydroxylation is 1. The minimum absolute atomic E-state index is 0.319. The number of anilines is 2. The number of hydrogen-bond donors (Lipinski definition) is 2. The predicted molar refractivity (Wildman–Crippen MR) is 85.3 cm³/mol. The van der Waals surface area contributed by atoms with Gasteiger partial charge in [0.15, 0.2) is 0 Å². The molecule has 2 aromatic rings. The topological polar surface area (TPSA) is 57.6 Å². The number of rotatable bonds is 5. The number of hydrogen-bond acceptors (Lipinski definition) is 5. The molecule has 0 aliphatic heterocycles. The van der Waals surface area contributed by atoms with Crippen molar-refractivity contribution in [3.05, 3.63) is 41.6 Å². The number of aromatic nitrogens is 1. The summed E-state index contributed by atoms with van der Waals surface area (Å²) in [4.78, 5) is 6.21. The van der Waals surface area contributed by atoms with Crippen LogP contribution >= 0.6 is 0 Å². The Kier molecular flexibility index (Phi) is 4.52. The van der Waals surface area contributed by atoms with Crippen molar-refractivity contribution in [2.24, 2.45) is 0 Å². The average Bonchev–Trinajstić information content (AvgIpc) is 2.48. The van der Waals surface area contributed by atoms with E-state index in [0.717, 1.165) is 22.5 Å². The van der Waals surface area contributed by atoms with Gasteiger partial charge in [-0.25, -0.2) is 4.98 Å². The van der Waals surface area contributed by atoms with Gasteiger partial charge in [0.2, 0.25) is 5.88 Å². The maximum Gasteiger partial charge on any atom is 0.239 e. The summed E-state index contributed by atoms with van der Waals surface area (Å²) in [5.74, 6) is 0.854. The number of nitrogens with one attached hydrogen (secondary N) is 1. The number of benzene rings is 1. The number of nitrogens with zero attached hydrogens (tertiary/aromatic N) is 2. The van der Waals surface area contributed by atoms with Crippen molar-refractivity contribution in [1.82, 2.24) is 4.98 Å². The zero-order chi connectivity index (χ0) is 15.4. The fraction of sp³-hybridized carbons (Fsp3) is 0.312. The Morgan fingerprint density at radius 1 is 1.29 bits per heavy atom. The molecule has 0 aliphatic carbocycles. The summed E-state index contributed by atoms with van der Waals surface area (Å²) in [5.41, 5.74) is 3.49. The Morgan fingerprint density at radius 2 is 2.05 bits per heavy atom. The first-order valence-corrected chi connectivity index (χ1v) is 6.76. The number of methoxy groups -OCH3 is 1. The summed E-state index contributed by atoms with van der Waals surface area (Å²) < 4.78 is 5.32. The van der Waals surface area contributed by atoms with Gasteiger partial charge >= 0.3 is 0 Å². The van der Waals surface area contributed by atoms with Crippen molar-refractivity contribution in [1.29, 1.82) is 0 Å². The van der Waals surface area contributed by atoms with Crippen molar-refractivity contribution >= 4 is 11.4 Å². The number of para-hydroxylation sites is 1. The molecule has 0 radical (unpaired) electrons. The minimum atomic E-state index is 0.319. The Labute approximate surface area is 125 Å². The molecule has 0 amide bonds. The SMILES string of the molecule is COc1nccc(N(C)C)c1NCc1cccc(C)c1O. The van der Waals surface area contributed by atoms with Crippen LogP contribution in [0.5, 0.6) is 11.6 Å². The minimum Gasteiger partial charge on any atom is -0.507 e. The van der Waals surface area contributed by atoms with E-state index in [1.807, 2.05) is 50.2 Å². The molecule has 2 N–H and O–H groups in total. The molecule has 0 atom stereocenters. The van der Waals surface area contributed by atoms with Crippen LogP contribution in [0.25, 0.3) is 0 Å². The van der Waals surface area contributed by atoms with Crippen molar-refractivity contribution < 1.29 is 9.84 Å². The molecule has 0 saturated heterocycles. The normalized spacial score (nSPS) is 10.3. The molecule has 0 aliphatic rings. The third-order valence-electron chi connectivity index (χ3n) is 3.35. The summed E-state index contributed by atoms with van der Waals surface area (Å²) in [6, 6.07) is 7.63. The molecule has 5 nitrogen and oxygen atoms in total. The summed E-state index contributed by atoms with van der Waals surface area (Å²) in [7, 11) is 5.52. The molecule has 0 saturated carbocycles. The van der Waals surface area contributed by atoms with Gasteiger partial charge in [-0.15, -0.1) is 0 Å². The lowest BCUT2D eigenvalue weighted by Crippen LogP contribution is -2.13. The van der Waals surface area contributed by atoms with E-state index in [1.54, 1.807) is 13.3 Å². The van der Waals surface area contributed by atoms with Gasteiger partial charge in [-0.1, -0.05) is 18.2 Å². The third-order valence-corrected chi connectivity index (χ3v) is 3.35. The zero-order valence-corrected chi connectivity index (χ0v) is 12.8. The van der Waals surface area contributed by atoms with Gasteiger partial charge < -0.3 is 20.1 Å². The highest BCUT2D eigenvalue weighted by Crippen LogP contribution is 2.33. The molecule has 0 bridgehead atoms. The second-order valence-corrected chi connectivity index (χ2v) is 5.04. The van der Waals surface area contributed by atoms with Crippen LogP contribution in [0.3, 0.4) is 0 Å². The molecule has 1 aromatic carbocycles. The van der Waals surface area contributed by atoms with Gasteiger partial charge in [-0.3, -0.25) is 0 Å². The second kappa shape index (κ2) is 6.35. The first-order chi connectivity index (χ1) is 10.0. The highest BCUT2D eigenvalue weighted by atomic mass is 16.5. The van der Waals surface area contributed by atoms with Crippen LogP contribution in [0.1, 0.15) is 11.1 Å². The molecule has 0 fully saturated rings. The first kappa shape index (κ1) is 15.0. The Bertz CT molecular complexity index is 627. The van der Waals surface area contributed by atoms with Crippen molar-refractivity contribution in [3.63, 3.8) is 0 Å². The monoisotopic (exact) mass is 287 g/mol. The number of pyridine rings is 1. The van der Waals surface area contributed by atoms with Crippen LogP contribution < -0.4 is 15.0 Å². The molecular formula is C16H21N3O2. The van der Waals surface area contributed by atoms with Crippen molar-refractivity contribution in [2.45, 2.75) is 13.5 Å². The van der Waals surface area contributed by atoms with E-state index in [0.29, 0.717) is 18.2 Å². The molecule has 21 heavy (non-hydrogen) atoms. The molecule has 0 spiro atoms. The number of ether oxygens (including phenoxy) is 1. The average molecular weight is 287 g/mol. The van der Waals surface area contributed by atoms with E-state index in [-0.39, 0.29) is 0 Å². The molecule has 1 heterocycles. The maximum atomic E-state index is 10.1. The molecule has 0 unspecified atom stereocenters. The van der Waals surface area contributed by atoms with E-state index in [4.69, 9.17) is 4.74 Å². The molecule has 1 aromatic heterocycles. The van der Waals surface area contributed by atoms with Gasteiger partial charge in [0.1, 0.15) is 11.4 Å². The van der Waals surface area contributed by atoms with Crippen LogP contribution in [0.4, 0.5) is 11.4 Å². The first-order valence-electron chi connectivity index (χ1n) is 6.76. The largest absolute Gasteiger partial charge is 0.507 e. The highest BCUT2D eigenvalue weighted by molar-refractivity contribution is 5.74. The van der Waals surface area contributed by atoms with Gasteiger partial charge in [-0.05, 0) is 18.6 Å². The molecule has 2 rings (SSSR count). The lowest BCUT2D eigenvalue weighted by Gasteiger charge is -2.20. The quantitative estimate of drug-likeness (QED) is 0.885. The molecule has 112 valence electrons. The fourth-order valence-corrected chi connectivity index (χ4v) is 2.17. The van der Waals surface area contributed by atoms with Crippen molar-refractivity contribution in [3.8, 4) is 11.6 Å². The Balaban J connectivity index is 2.29.